The number of hydrogen-bond acceptors (Lipinski definition) is 0. The topological polar surface area (TPSA) is 0 Å². The molecular formula is C26H38. The van der Waals surface area contributed by atoms with Crippen molar-refractivity contribution in [3.8, 4) is 0 Å². The van der Waals surface area contributed by atoms with Gasteiger partial charge < -0.3 is 0 Å². The molecule has 0 heterocycles. The van der Waals surface area contributed by atoms with Crippen molar-refractivity contribution in [2.45, 2.75) is 83.0 Å². The van der Waals surface area contributed by atoms with Gasteiger partial charge in [0.2, 0.25) is 0 Å². The zero-order valence-corrected chi connectivity index (χ0v) is 16.7. The monoisotopic (exact) mass is 350 g/mol. The van der Waals surface area contributed by atoms with Crippen molar-refractivity contribution in [2.75, 3.05) is 0 Å². The Bertz CT molecular complexity index is 536. The van der Waals surface area contributed by atoms with E-state index >= 15 is 0 Å². The molecule has 0 nitrogen and oxygen atoms in total. The van der Waals surface area contributed by atoms with Crippen LogP contribution in [-0.2, 0) is 6.42 Å². The summed E-state index contributed by atoms with van der Waals surface area (Å²) in [6.45, 7) is 7.70. The van der Waals surface area contributed by atoms with Gasteiger partial charge in [-0.05, 0) is 99.0 Å². The average molecular weight is 351 g/mol. The quantitative estimate of drug-likeness (QED) is 0.419. The van der Waals surface area contributed by atoms with E-state index in [9.17, 15) is 0 Å². The van der Waals surface area contributed by atoms with Gasteiger partial charge in [-0.1, -0.05) is 49.3 Å². The summed E-state index contributed by atoms with van der Waals surface area (Å²) in [5.41, 5.74) is 3.04. The van der Waals surface area contributed by atoms with Gasteiger partial charge in [-0.3, -0.25) is 0 Å². The first kappa shape index (κ1) is 19.5. The Morgan fingerprint density at radius 1 is 0.731 bits per heavy atom. The predicted octanol–water partition coefficient (Wildman–Crippen LogP) is 7.85. The van der Waals surface area contributed by atoms with Crippen LogP contribution in [0.5, 0.6) is 0 Å². The molecule has 26 heavy (non-hydrogen) atoms. The van der Waals surface area contributed by atoms with E-state index in [-0.39, 0.29) is 0 Å². The Kier molecular flexibility index (Phi) is 7.59. The third-order valence-corrected chi connectivity index (χ3v) is 7.20. The lowest BCUT2D eigenvalue weighted by atomic mass is 9.68. The molecule has 0 N–H and O–H groups in total. The van der Waals surface area contributed by atoms with E-state index in [0.29, 0.717) is 0 Å². The van der Waals surface area contributed by atoms with Crippen molar-refractivity contribution in [1.82, 2.24) is 0 Å². The van der Waals surface area contributed by atoms with Gasteiger partial charge in [0.1, 0.15) is 0 Å². The van der Waals surface area contributed by atoms with E-state index in [4.69, 9.17) is 0 Å². The molecule has 0 aliphatic heterocycles. The summed E-state index contributed by atoms with van der Waals surface area (Å²) in [6.07, 6.45) is 20.6. The maximum Gasteiger partial charge on any atom is -0.0162 e. The summed E-state index contributed by atoms with van der Waals surface area (Å²) in [5.74, 6) is 3.83. The first-order chi connectivity index (χ1) is 12.8. The fourth-order valence-electron chi connectivity index (χ4n) is 5.45. The normalized spacial score (nSPS) is 29.2. The molecule has 1 aromatic rings. The Balaban J connectivity index is 1.43. The van der Waals surface area contributed by atoms with Gasteiger partial charge in [0.25, 0.3) is 0 Å². The number of rotatable bonds is 8. The van der Waals surface area contributed by atoms with Crippen molar-refractivity contribution >= 4 is 0 Å². The SMILES string of the molecule is C=CCCc1ccc(C2CCC(C3CCC(CCC=C)CC3)CC2)cc1. The number of benzene rings is 1. The highest BCUT2D eigenvalue weighted by Crippen LogP contribution is 2.44. The van der Waals surface area contributed by atoms with Crippen LogP contribution < -0.4 is 0 Å². The molecule has 142 valence electrons. The molecule has 0 heteroatoms. The van der Waals surface area contributed by atoms with E-state index in [2.05, 4.69) is 43.5 Å². The lowest BCUT2D eigenvalue weighted by Gasteiger charge is -2.38. The fraction of sp³-hybridized carbons (Fsp3) is 0.615. The third-order valence-electron chi connectivity index (χ3n) is 7.20. The summed E-state index contributed by atoms with van der Waals surface area (Å²) in [6, 6.07) is 9.48. The maximum absolute atomic E-state index is 3.88. The van der Waals surface area contributed by atoms with Crippen LogP contribution in [0.3, 0.4) is 0 Å². The molecule has 0 amide bonds. The Labute approximate surface area is 161 Å². The summed E-state index contributed by atoms with van der Waals surface area (Å²) in [4.78, 5) is 0. The average Bonchev–Trinajstić information content (AvgIpc) is 2.72. The molecule has 1 aromatic carbocycles. The molecule has 3 rings (SSSR count). The van der Waals surface area contributed by atoms with Crippen molar-refractivity contribution < 1.29 is 0 Å². The van der Waals surface area contributed by atoms with Gasteiger partial charge in [0.05, 0.1) is 0 Å². The molecule has 0 spiro atoms. The van der Waals surface area contributed by atoms with Crippen LogP contribution in [0.2, 0.25) is 0 Å². The molecule has 2 fully saturated rings. The van der Waals surface area contributed by atoms with Gasteiger partial charge in [-0.25, -0.2) is 0 Å². The van der Waals surface area contributed by atoms with Crippen LogP contribution >= 0.6 is 0 Å². The van der Waals surface area contributed by atoms with Crippen LogP contribution in [-0.4, -0.2) is 0 Å². The van der Waals surface area contributed by atoms with Gasteiger partial charge in [0, 0.05) is 0 Å². The first-order valence-electron chi connectivity index (χ1n) is 11.1. The van der Waals surface area contributed by atoms with E-state index < -0.39 is 0 Å². The number of hydrogen-bond donors (Lipinski definition) is 0. The van der Waals surface area contributed by atoms with Crippen LogP contribution in [0.1, 0.15) is 87.7 Å². The number of aryl methyl sites for hydroxylation is 1. The van der Waals surface area contributed by atoms with E-state index in [0.717, 1.165) is 36.5 Å². The van der Waals surface area contributed by atoms with Crippen LogP contribution in [0.25, 0.3) is 0 Å². The van der Waals surface area contributed by atoms with Gasteiger partial charge in [0.15, 0.2) is 0 Å². The predicted molar refractivity (Wildman–Crippen MR) is 115 cm³/mol. The maximum atomic E-state index is 3.88. The molecule has 0 unspecified atom stereocenters. The zero-order valence-electron chi connectivity index (χ0n) is 16.7. The van der Waals surface area contributed by atoms with Crippen molar-refractivity contribution in [1.29, 1.82) is 0 Å². The lowest BCUT2D eigenvalue weighted by Crippen LogP contribution is -2.25. The number of allylic oxidation sites excluding steroid dienone is 2. The summed E-state index contributed by atoms with van der Waals surface area (Å²) in [7, 11) is 0. The van der Waals surface area contributed by atoms with Crippen LogP contribution in [0, 0.1) is 17.8 Å². The second-order valence-electron chi connectivity index (χ2n) is 8.83. The molecule has 0 atom stereocenters. The Morgan fingerprint density at radius 2 is 1.31 bits per heavy atom. The minimum Gasteiger partial charge on any atom is -0.103 e. The Morgan fingerprint density at radius 3 is 1.88 bits per heavy atom. The van der Waals surface area contributed by atoms with Gasteiger partial charge in [-0.2, -0.15) is 0 Å². The fourth-order valence-corrected chi connectivity index (χ4v) is 5.45. The summed E-state index contributed by atoms with van der Waals surface area (Å²) in [5, 5.41) is 0. The molecule has 0 saturated heterocycles. The molecule has 2 saturated carbocycles. The van der Waals surface area contributed by atoms with Gasteiger partial charge >= 0.3 is 0 Å². The first-order valence-corrected chi connectivity index (χ1v) is 11.1. The second-order valence-corrected chi connectivity index (χ2v) is 8.83. The second kappa shape index (κ2) is 10.1. The van der Waals surface area contributed by atoms with Crippen LogP contribution in [0.4, 0.5) is 0 Å². The summed E-state index contributed by atoms with van der Waals surface area (Å²) < 4.78 is 0. The highest BCUT2D eigenvalue weighted by Gasteiger charge is 2.31. The van der Waals surface area contributed by atoms with E-state index in [1.807, 2.05) is 6.08 Å². The standard InChI is InChI=1S/C26H38/c1-3-5-7-21-9-13-23(14-10-21)25-17-19-26(20-18-25)24-15-11-22(12-16-24)8-6-4-2/h3-4,9-10,13-14,22,24-26H,1-2,5-8,11-12,15-20H2. The highest BCUT2D eigenvalue weighted by atomic mass is 14.4. The largest absolute Gasteiger partial charge is 0.103 e. The molecule has 2 aliphatic rings. The smallest absolute Gasteiger partial charge is 0.0162 e. The Hall–Kier alpha value is -1.30. The lowest BCUT2D eigenvalue weighted by molar-refractivity contribution is 0.157. The molecular weight excluding hydrogens is 312 g/mol. The minimum absolute atomic E-state index is 0.809. The molecule has 0 bridgehead atoms. The third kappa shape index (κ3) is 5.35. The van der Waals surface area contributed by atoms with E-state index in [1.165, 1.54) is 69.8 Å². The van der Waals surface area contributed by atoms with Gasteiger partial charge in [-0.15, -0.1) is 13.2 Å². The molecule has 0 aromatic heterocycles. The van der Waals surface area contributed by atoms with Crippen molar-refractivity contribution in [2.24, 2.45) is 17.8 Å². The van der Waals surface area contributed by atoms with Crippen LogP contribution in [0.15, 0.2) is 49.6 Å². The summed E-state index contributed by atoms with van der Waals surface area (Å²) >= 11 is 0. The molecule has 0 radical (unpaired) electrons. The highest BCUT2D eigenvalue weighted by molar-refractivity contribution is 5.26. The zero-order chi connectivity index (χ0) is 18.2. The minimum atomic E-state index is 0.809. The van der Waals surface area contributed by atoms with Crippen molar-refractivity contribution in [3.63, 3.8) is 0 Å². The van der Waals surface area contributed by atoms with Crippen molar-refractivity contribution in [3.05, 3.63) is 60.7 Å². The van der Waals surface area contributed by atoms with E-state index in [1.54, 1.807) is 5.56 Å². The molecule has 2 aliphatic carbocycles.